The van der Waals surface area contributed by atoms with Gasteiger partial charge in [-0.15, -0.1) is 0 Å². The van der Waals surface area contributed by atoms with Gasteiger partial charge in [0.15, 0.2) is 0 Å². The van der Waals surface area contributed by atoms with Crippen molar-refractivity contribution in [3.8, 4) is 0 Å². The van der Waals surface area contributed by atoms with E-state index in [1.54, 1.807) is 12.1 Å². The standard InChI is InChI=1S/C15H18N2O3/c1-10-4-6-15(9-18,7-5-10)17-13(19)11-3-2-8-16-12(11)14(17)20/h2-3,8,10,18H,4-7,9H2,1H3. The molecular formula is C15H18N2O3. The number of hydrogen-bond acceptors (Lipinski definition) is 4. The molecule has 1 fully saturated rings. The Balaban J connectivity index is 1.99. The fourth-order valence-corrected chi connectivity index (χ4v) is 3.25. The summed E-state index contributed by atoms with van der Waals surface area (Å²) >= 11 is 0. The molecule has 0 spiro atoms. The highest BCUT2D eigenvalue weighted by atomic mass is 16.3. The maximum atomic E-state index is 12.5. The first-order valence-electron chi connectivity index (χ1n) is 7.04. The van der Waals surface area contributed by atoms with Crippen LogP contribution < -0.4 is 0 Å². The van der Waals surface area contributed by atoms with Gasteiger partial charge in [-0.05, 0) is 43.7 Å². The van der Waals surface area contributed by atoms with Crippen LogP contribution >= 0.6 is 0 Å². The van der Waals surface area contributed by atoms with E-state index < -0.39 is 5.54 Å². The van der Waals surface area contributed by atoms with Crippen molar-refractivity contribution in [2.24, 2.45) is 5.92 Å². The molecule has 2 aliphatic rings. The Morgan fingerprint density at radius 3 is 2.65 bits per heavy atom. The first-order chi connectivity index (χ1) is 9.59. The molecule has 1 aromatic heterocycles. The number of fused-ring (bicyclic) bond motifs is 1. The van der Waals surface area contributed by atoms with Crippen molar-refractivity contribution in [3.05, 3.63) is 29.6 Å². The third-order valence-corrected chi connectivity index (χ3v) is 4.62. The maximum Gasteiger partial charge on any atom is 0.280 e. The molecule has 0 atom stereocenters. The number of nitrogens with zero attached hydrogens (tertiary/aromatic N) is 2. The zero-order valence-corrected chi connectivity index (χ0v) is 11.5. The van der Waals surface area contributed by atoms with E-state index in [2.05, 4.69) is 11.9 Å². The van der Waals surface area contributed by atoms with Gasteiger partial charge in [0.1, 0.15) is 5.69 Å². The quantitative estimate of drug-likeness (QED) is 0.832. The average Bonchev–Trinajstić information content (AvgIpc) is 2.74. The van der Waals surface area contributed by atoms with Crippen LogP contribution in [-0.2, 0) is 0 Å². The van der Waals surface area contributed by atoms with Crippen LogP contribution in [-0.4, -0.2) is 39.0 Å². The molecule has 1 aromatic rings. The van der Waals surface area contributed by atoms with Gasteiger partial charge in [-0.25, -0.2) is 0 Å². The number of pyridine rings is 1. The fourth-order valence-electron chi connectivity index (χ4n) is 3.25. The highest BCUT2D eigenvalue weighted by molar-refractivity contribution is 6.20. The maximum absolute atomic E-state index is 12.5. The van der Waals surface area contributed by atoms with Crippen molar-refractivity contribution in [2.75, 3.05) is 6.61 Å². The van der Waals surface area contributed by atoms with E-state index in [-0.39, 0.29) is 24.1 Å². The Kier molecular flexibility index (Phi) is 3.09. The van der Waals surface area contributed by atoms with Crippen LogP contribution in [0.3, 0.4) is 0 Å². The van der Waals surface area contributed by atoms with Crippen LogP contribution in [0.2, 0.25) is 0 Å². The number of carbonyl (C=O) groups is 2. The predicted octanol–water partition coefficient (Wildman–Crippen LogP) is 1.62. The lowest BCUT2D eigenvalue weighted by atomic mass is 9.76. The first-order valence-corrected chi connectivity index (χ1v) is 7.04. The largest absolute Gasteiger partial charge is 0.394 e. The van der Waals surface area contributed by atoms with Gasteiger partial charge in [-0.2, -0.15) is 0 Å². The highest BCUT2D eigenvalue weighted by Crippen LogP contribution is 2.39. The first kappa shape index (κ1) is 13.2. The minimum atomic E-state index is -0.749. The number of aliphatic hydroxyl groups is 1. The van der Waals surface area contributed by atoms with Gasteiger partial charge in [-0.3, -0.25) is 19.5 Å². The molecule has 20 heavy (non-hydrogen) atoms. The molecule has 0 aromatic carbocycles. The van der Waals surface area contributed by atoms with E-state index >= 15 is 0 Å². The van der Waals surface area contributed by atoms with Crippen molar-refractivity contribution < 1.29 is 14.7 Å². The number of rotatable bonds is 2. The molecule has 0 radical (unpaired) electrons. The fraction of sp³-hybridized carbons (Fsp3) is 0.533. The van der Waals surface area contributed by atoms with E-state index in [1.165, 1.54) is 11.1 Å². The van der Waals surface area contributed by atoms with Gasteiger partial charge in [0, 0.05) is 6.20 Å². The molecule has 0 bridgehead atoms. The monoisotopic (exact) mass is 274 g/mol. The number of aromatic nitrogens is 1. The topological polar surface area (TPSA) is 70.5 Å². The molecular weight excluding hydrogens is 256 g/mol. The van der Waals surface area contributed by atoms with E-state index in [4.69, 9.17) is 0 Å². The molecule has 2 amide bonds. The van der Waals surface area contributed by atoms with Crippen LogP contribution in [0.1, 0.15) is 53.5 Å². The zero-order chi connectivity index (χ0) is 14.3. The second-order valence-electron chi connectivity index (χ2n) is 5.91. The van der Waals surface area contributed by atoms with Gasteiger partial charge in [0.25, 0.3) is 11.8 Å². The lowest BCUT2D eigenvalue weighted by Gasteiger charge is -2.43. The Bertz CT molecular complexity index is 527. The van der Waals surface area contributed by atoms with Crippen LogP contribution in [0.4, 0.5) is 0 Å². The summed E-state index contributed by atoms with van der Waals surface area (Å²) in [5.41, 5.74) is -0.186. The van der Waals surface area contributed by atoms with Crippen LogP contribution in [0.25, 0.3) is 0 Å². The molecule has 1 aliphatic carbocycles. The highest BCUT2D eigenvalue weighted by Gasteiger charge is 2.50. The summed E-state index contributed by atoms with van der Waals surface area (Å²) in [6.45, 7) is 1.98. The van der Waals surface area contributed by atoms with Crippen molar-refractivity contribution in [1.29, 1.82) is 0 Å². The summed E-state index contributed by atoms with van der Waals surface area (Å²) in [4.78, 5) is 30.3. The average molecular weight is 274 g/mol. The molecule has 5 heteroatoms. The van der Waals surface area contributed by atoms with E-state index in [1.807, 2.05) is 0 Å². The van der Waals surface area contributed by atoms with Crippen molar-refractivity contribution in [3.63, 3.8) is 0 Å². The number of carbonyl (C=O) groups excluding carboxylic acids is 2. The van der Waals surface area contributed by atoms with E-state index in [0.717, 1.165) is 12.8 Å². The van der Waals surface area contributed by atoms with E-state index in [9.17, 15) is 14.7 Å². The zero-order valence-electron chi connectivity index (χ0n) is 11.5. The van der Waals surface area contributed by atoms with Gasteiger partial charge < -0.3 is 5.11 Å². The summed E-state index contributed by atoms with van der Waals surface area (Å²) in [7, 11) is 0. The number of amides is 2. The second kappa shape index (κ2) is 4.66. The molecule has 3 rings (SSSR count). The Morgan fingerprint density at radius 2 is 2.05 bits per heavy atom. The minimum absolute atomic E-state index is 0.175. The Morgan fingerprint density at radius 1 is 1.35 bits per heavy atom. The Labute approximate surface area is 117 Å². The smallest absolute Gasteiger partial charge is 0.280 e. The van der Waals surface area contributed by atoms with Crippen LogP contribution in [0, 0.1) is 5.92 Å². The molecule has 0 saturated heterocycles. The molecule has 0 unspecified atom stereocenters. The third kappa shape index (κ3) is 1.77. The van der Waals surface area contributed by atoms with Gasteiger partial charge in [0.05, 0.1) is 17.7 Å². The van der Waals surface area contributed by atoms with Gasteiger partial charge in [-0.1, -0.05) is 6.92 Å². The van der Waals surface area contributed by atoms with Crippen molar-refractivity contribution >= 4 is 11.8 Å². The summed E-state index contributed by atoms with van der Waals surface area (Å²) in [6.07, 6.45) is 4.68. The molecule has 2 heterocycles. The molecule has 1 N–H and O–H groups in total. The predicted molar refractivity (Wildman–Crippen MR) is 72.2 cm³/mol. The third-order valence-electron chi connectivity index (χ3n) is 4.62. The molecule has 1 saturated carbocycles. The normalized spacial score (nSPS) is 29.7. The lowest BCUT2D eigenvalue weighted by molar-refractivity contribution is 0.00596. The number of hydrogen-bond donors (Lipinski definition) is 1. The van der Waals surface area contributed by atoms with Gasteiger partial charge in [0.2, 0.25) is 0 Å². The number of imide groups is 1. The summed E-state index contributed by atoms with van der Waals surface area (Å²) in [5, 5.41) is 9.84. The van der Waals surface area contributed by atoms with Gasteiger partial charge >= 0.3 is 0 Å². The summed E-state index contributed by atoms with van der Waals surface area (Å²) in [5.74, 6) is -0.112. The van der Waals surface area contributed by atoms with Crippen molar-refractivity contribution in [1.82, 2.24) is 9.88 Å². The minimum Gasteiger partial charge on any atom is -0.394 e. The van der Waals surface area contributed by atoms with Crippen LogP contribution in [0.5, 0.6) is 0 Å². The SMILES string of the molecule is CC1CCC(CO)(N2C(=O)c3cccnc3C2=O)CC1. The van der Waals surface area contributed by atoms with Crippen molar-refractivity contribution in [2.45, 2.75) is 38.1 Å². The van der Waals surface area contributed by atoms with Crippen LogP contribution in [0.15, 0.2) is 18.3 Å². The summed E-state index contributed by atoms with van der Waals surface area (Å²) < 4.78 is 0. The molecule has 106 valence electrons. The Hall–Kier alpha value is -1.75. The molecule has 1 aliphatic heterocycles. The second-order valence-corrected chi connectivity index (χ2v) is 5.91. The molecule has 5 nitrogen and oxygen atoms in total. The van der Waals surface area contributed by atoms with E-state index in [0.29, 0.717) is 24.3 Å². The summed E-state index contributed by atoms with van der Waals surface area (Å²) in [6, 6.07) is 3.28. The number of aliphatic hydroxyl groups excluding tert-OH is 1. The lowest BCUT2D eigenvalue weighted by Crippen LogP contribution is -2.56.